The molecule has 3 aromatic rings. The van der Waals surface area contributed by atoms with E-state index < -0.39 is 29.7 Å². The van der Waals surface area contributed by atoms with E-state index in [1.165, 1.54) is 24.5 Å². The van der Waals surface area contributed by atoms with E-state index in [9.17, 15) is 19.2 Å². The number of amides is 4. The van der Waals surface area contributed by atoms with Crippen molar-refractivity contribution in [3.63, 3.8) is 0 Å². The molecule has 1 aliphatic heterocycles. The number of hydrogen-bond acceptors (Lipinski definition) is 5. The normalized spacial score (nSPS) is 15.6. The minimum atomic E-state index is -1.17. The van der Waals surface area contributed by atoms with Crippen LogP contribution < -0.4 is 10.3 Å². The maximum atomic E-state index is 13.2. The van der Waals surface area contributed by atoms with Crippen molar-refractivity contribution in [1.82, 2.24) is 15.4 Å². The lowest BCUT2D eigenvalue weighted by atomic mass is 10.1. The number of hydrazine groups is 1. The van der Waals surface area contributed by atoms with Crippen LogP contribution in [0.1, 0.15) is 27.1 Å². The fourth-order valence-electron chi connectivity index (χ4n) is 3.33. The molecule has 4 amide bonds. The fourth-order valence-corrected chi connectivity index (χ4v) is 3.33. The first kappa shape index (κ1) is 20.0. The lowest BCUT2D eigenvalue weighted by Crippen LogP contribution is -2.54. The first-order valence-electron chi connectivity index (χ1n) is 9.57. The highest BCUT2D eigenvalue weighted by atomic mass is 16.2. The van der Waals surface area contributed by atoms with E-state index in [0.717, 1.165) is 9.91 Å². The number of pyridine rings is 1. The number of carbonyl (C=O) groups excluding carboxylic acids is 4. The van der Waals surface area contributed by atoms with Crippen LogP contribution in [0.15, 0.2) is 85.2 Å². The topological polar surface area (TPSA) is 99.7 Å². The molecule has 31 heavy (non-hydrogen) atoms. The Labute approximate surface area is 178 Å². The second-order valence-electron chi connectivity index (χ2n) is 6.84. The van der Waals surface area contributed by atoms with Gasteiger partial charge in [-0.15, -0.1) is 0 Å². The summed E-state index contributed by atoms with van der Waals surface area (Å²) in [4.78, 5) is 56.7. The largest absolute Gasteiger partial charge is 0.274 e. The first-order chi connectivity index (χ1) is 15.1. The van der Waals surface area contributed by atoms with Gasteiger partial charge in [0, 0.05) is 23.5 Å². The average Bonchev–Trinajstić information content (AvgIpc) is 3.12. The van der Waals surface area contributed by atoms with Crippen LogP contribution in [0.25, 0.3) is 0 Å². The molecule has 0 aliphatic carbocycles. The molecule has 0 unspecified atom stereocenters. The van der Waals surface area contributed by atoms with E-state index in [1.807, 2.05) is 0 Å². The molecule has 2 heterocycles. The molecule has 0 spiro atoms. The molecule has 0 radical (unpaired) electrons. The van der Waals surface area contributed by atoms with Gasteiger partial charge >= 0.3 is 0 Å². The van der Waals surface area contributed by atoms with Gasteiger partial charge in [0.05, 0.1) is 12.1 Å². The summed E-state index contributed by atoms with van der Waals surface area (Å²) in [6.45, 7) is 0. The van der Waals surface area contributed by atoms with Crippen molar-refractivity contribution in [2.24, 2.45) is 0 Å². The summed E-state index contributed by atoms with van der Waals surface area (Å²) < 4.78 is 0. The Morgan fingerprint density at radius 3 is 2.13 bits per heavy atom. The summed E-state index contributed by atoms with van der Waals surface area (Å²) in [5.41, 5.74) is 3.46. The molecule has 154 valence electrons. The van der Waals surface area contributed by atoms with Crippen molar-refractivity contribution < 1.29 is 19.2 Å². The van der Waals surface area contributed by atoms with Crippen LogP contribution in [0.3, 0.4) is 0 Å². The van der Waals surface area contributed by atoms with E-state index in [1.54, 1.807) is 60.7 Å². The summed E-state index contributed by atoms with van der Waals surface area (Å²) in [7, 11) is 0. The molecule has 0 saturated carbocycles. The van der Waals surface area contributed by atoms with Crippen LogP contribution in [0, 0.1) is 0 Å². The third kappa shape index (κ3) is 4.04. The number of anilines is 1. The van der Waals surface area contributed by atoms with Gasteiger partial charge in [0.25, 0.3) is 17.7 Å². The minimum Gasteiger partial charge on any atom is -0.274 e. The molecule has 4 rings (SSSR count). The van der Waals surface area contributed by atoms with Crippen LogP contribution in [-0.2, 0) is 9.59 Å². The SMILES string of the molecule is O=C(NN(C(=O)c1ccccc1)[C@H]1CC(=O)N(c2ccccc2)C1=O)c1ccncc1. The van der Waals surface area contributed by atoms with Crippen LogP contribution in [0.2, 0.25) is 0 Å². The minimum absolute atomic E-state index is 0.247. The Morgan fingerprint density at radius 2 is 1.48 bits per heavy atom. The van der Waals surface area contributed by atoms with E-state index in [-0.39, 0.29) is 17.5 Å². The van der Waals surface area contributed by atoms with Crippen molar-refractivity contribution >= 4 is 29.3 Å². The van der Waals surface area contributed by atoms with Gasteiger partial charge in [-0.25, -0.2) is 9.91 Å². The zero-order valence-corrected chi connectivity index (χ0v) is 16.3. The second-order valence-corrected chi connectivity index (χ2v) is 6.84. The van der Waals surface area contributed by atoms with Gasteiger partial charge < -0.3 is 0 Å². The Bertz CT molecular complexity index is 1120. The smallest absolute Gasteiger partial charge is 0.273 e. The number of hydrogen-bond donors (Lipinski definition) is 1. The van der Waals surface area contributed by atoms with Crippen molar-refractivity contribution in [3.05, 3.63) is 96.3 Å². The second kappa shape index (κ2) is 8.58. The third-order valence-electron chi connectivity index (χ3n) is 4.85. The van der Waals surface area contributed by atoms with E-state index in [0.29, 0.717) is 5.69 Å². The highest BCUT2D eigenvalue weighted by molar-refractivity contribution is 6.23. The Kier molecular flexibility index (Phi) is 5.53. The molecule has 1 aromatic heterocycles. The van der Waals surface area contributed by atoms with Gasteiger partial charge in [0.1, 0.15) is 6.04 Å². The molecule has 1 atom stereocenters. The van der Waals surface area contributed by atoms with Gasteiger partial charge in [-0.05, 0) is 36.4 Å². The maximum absolute atomic E-state index is 13.2. The number of nitrogens with one attached hydrogen (secondary N) is 1. The highest BCUT2D eigenvalue weighted by Crippen LogP contribution is 2.26. The molecule has 1 saturated heterocycles. The summed E-state index contributed by atoms with van der Waals surface area (Å²) in [6, 6.07) is 18.5. The summed E-state index contributed by atoms with van der Waals surface area (Å²) in [6.07, 6.45) is 2.64. The van der Waals surface area contributed by atoms with Gasteiger partial charge in [-0.1, -0.05) is 36.4 Å². The molecule has 0 bridgehead atoms. The third-order valence-corrected chi connectivity index (χ3v) is 4.85. The molecule has 1 fully saturated rings. The van der Waals surface area contributed by atoms with E-state index in [2.05, 4.69) is 10.4 Å². The molecular formula is C23H18N4O4. The molecule has 1 N–H and O–H groups in total. The maximum Gasteiger partial charge on any atom is 0.273 e. The number of benzene rings is 2. The molecule has 2 aromatic carbocycles. The van der Waals surface area contributed by atoms with Crippen LogP contribution in [-0.4, -0.2) is 39.7 Å². The number of carbonyl (C=O) groups is 4. The zero-order valence-electron chi connectivity index (χ0n) is 16.3. The predicted molar refractivity (Wildman–Crippen MR) is 112 cm³/mol. The van der Waals surface area contributed by atoms with Gasteiger partial charge in [0.15, 0.2) is 0 Å². The average molecular weight is 414 g/mol. The van der Waals surface area contributed by atoms with Crippen molar-refractivity contribution in [3.8, 4) is 0 Å². The van der Waals surface area contributed by atoms with E-state index in [4.69, 9.17) is 0 Å². The quantitative estimate of drug-likeness (QED) is 0.521. The van der Waals surface area contributed by atoms with Gasteiger partial charge in [-0.3, -0.25) is 29.6 Å². The van der Waals surface area contributed by atoms with E-state index >= 15 is 0 Å². The van der Waals surface area contributed by atoms with Gasteiger partial charge in [0.2, 0.25) is 5.91 Å². The zero-order chi connectivity index (χ0) is 21.8. The number of para-hydroxylation sites is 1. The van der Waals surface area contributed by atoms with Crippen LogP contribution in [0.4, 0.5) is 5.69 Å². The standard InChI is InChI=1S/C23H18N4O4/c28-20-15-19(23(31)26(20)18-9-5-2-6-10-18)27(22(30)17-7-3-1-4-8-17)25-21(29)16-11-13-24-14-12-16/h1-14,19H,15H2,(H,25,29)/t19-/m0/s1. The lowest BCUT2D eigenvalue weighted by Gasteiger charge is -2.28. The lowest BCUT2D eigenvalue weighted by molar-refractivity contribution is -0.122. The first-order valence-corrected chi connectivity index (χ1v) is 9.57. The van der Waals surface area contributed by atoms with Crippen LogP contribution >= 0.6 is 0 Å². The summed E-state index contributed by atoms with van der Waals surface area (Å²) in [5, 5.41) is 0.946. The van der Waals surface area contributed by atoms with Gasteiger partial charge in [-0.2, -0.15) is 0 Å². The fraction of sp³-hybridized carbons (Fsp3) is 0.0870. The van der Waals surface area contributed by atoms with Crippen molar-refractivity contribution in [2.75, 3.05) is 4.90 Å². The Balaban J connectivity index is 1.67. The number of rotatable bonds is 4. The number of imide groups is 1. The molecule has 8 heteroatoms. The van der Waals surface area contributed by atoms with Crippen molar-refractivity contribution in [1.29, 1.82) is 0 Å². The molecule has 8 nitrogen and oxygen atoms in total. The monoisotopic (exact) mass is 414 g/mol. The van der Waals surface area contributed by atoms with Crippen molar-refractivity contribution in [2.45, 2.75) is 12.5 Å². The number of aromatic nitrogens is 1. The predicted octanol–water partition coefficient (Wildman–Crippen LogP) is 2.20. The van der Waals surface area contributed by atoms with Crippen LogP contribution in [0.5, 0.6) is 0 Å². The summed E-state index contributed by atoms with van der Waals surface area (Å²) in [5.74, 6) is -2.23. The number of nitrogens with zero attached hydrogens (tertiary/aromatic N) is 3. The molecular weight excluding hydrogens is 396 g/mol. The summed E-state index contributed by atoms with van der Waals surface area (Å²) >= 11 is 0. The highest BCUT2D eigenvalue weighted by Gasteiger charge is 2.45. The molecule has 1 aliphatic rings. The Morgan fingerprint density at radius 1 is 0.871 bits per heavy atom. The Hall–Kier alpha value is -4.33.